The van der Waals surface area contributed by atoms with Crippen LogP contribution < -0.4 is 0 Å². The molecule has 20 heavy (non-hydrogen) atoms. The van der Waals surface area contributed by atoms with Gasteiger partial charge in [-0.1, -0.05) is 72.1 Å². The van der Waals surface area contributed by atoms with Gasteiger partial charge in [-0.3, -0.25) is 0 Å². The van der Waals surface area contributed by atoms with Crippen LogP contribution in [0.3, 0.4) is 0 Å². The fraction of sp³-hybridized carbons (Fsp3) is 0.200. The van der Waals surface area contributed by atoms with Gasteiger partial charge in [0.05, 0.1) is 5.41 Å². The van der Waals surface area contributed by atoms with Crippen LogP contribution in [-0.4, -0.2) is 12.4 Å². The Labute approximate surface area is 143 Å². The third kappa shape index (κ3) is 2.90. The Morgan fingerprint density at radius 2 is 1.00 bits per heavy atom. The van der Waals surface area contributed by atoms with Crippen molar-refractivity contribution in [3.63, 3.8) is 0 Å². The molecule has 0 radical (unpaired) electrons. The molecule has 5 heteroatoms. The summed E-state index contributed by atoms with van der Waals surface area (Å²) in [5.41, 5.74) is 1.55. The summed E-state index contributed by atoms with van der Waals surface area (Å²) in [6.45, 7) is 2.06. The smallest absolute Gasteiger partial charge is 0.148 e. The number of aromatic hydroxyl groups is 2. The third-order valence-corrected chi connectivity index (χ3v) is 5.84. The van der Waals surface area contributed by atoms with E-state index in [0.29, 0.717) is 0 Å². The van der Waals surface area contributed by atoms with Crippen molar-refractivity contribution in [2.75, 3.05) is 0 Å². The number of benzene rings is 2. The maximum absolute atomic E-state index is 9.46. The zero-order chi connectivity index (χ0) is 15.0. The molecule has 0 amide bonds. The van der Waals surface area contributed by atoms with Gasteiger partial charge in [0, 0.05) is 0 Å². The molecule has 2 N–H and O–H groups in total. The molecule has 0 saturated heterocycles. The molecule has 0 aliphatic carbocycles. The van der Waals surface area contributed by atoms with E-state index in [1.807, 2.05) is 24.3 Å². The van der Waals surface area contributed by atoms with Crippen LogP contribution in [0.2, 0.25) is 0 Å². The Kier molecular flexibility index (Phi) is 4.52. The van der Waals surface area contributed by atoms with Gasteiger partial charge in [-0.05, 0) is 42.3 Å². The van der Waals surface area contributed by atoms with Gasteiger partial charge in [-0.15, -0.1) is 0 Å². The normalized spacial score (nSPS) is 12.4. The molecular weight excluding hydrogens is 452 g/mol. The van der Waals surface area contributed by atoms with Crippen molar-refractivity contribution < 1.29 is 10.2 Å². The van der Waals surface area contributed by atoms with Crippen LogP contribution in [0.25, 0.3) is 0 Å². The summed E-state index contributed by atoms with van der Waals surface area (Å²) >= 11 is 10.9. The zero-order valence-corrected chi connectivity index (χ0v) is 15.4. The summed E-state index contributed by atoms with van der Waals surface area (Å²) in [6, 6.07) is 14.1. The minimum absolute atomic E-state index is 0.228. The summed E-state index contributed by atoms with van der Waals surface area (Å²) < 4.78 is -0.575. The third-order valence-electron chi connectivity index (χ3n) is 3.46. The monoisotopic (exact) mass is 462 g/mol. The molecule has 0 bridgehead atoms. The fourth-order valence-corrected chi connectivity index (χ4v) is 3.46. The van der Waals surface area contributed by atoms with E-state index in [-0.39, 0.29) is 11.5 Å². The molecule has 0 heterocycles. The number of hydrogen-bond donors (Lipinski definition) is 2. The predicted molar refractivity (Wildman–Crippen MR) is 92.2 cm³/mol. The molecule has 2 nitrogen and oxygen atoms in total. The van der Waals surface area contributed by atoms with Crippen molar-refractivity contribution >= 4 is 47.8 Å². The molecule has 0 unspecified atom stereocenters. The lowest BCUT2D eigenvalue weighted by atomic mass is 9.78. The molecule has 0 spiro atoms. The largest absolute Gasteiger partial charge is 0.508 e. The maximum Gasteiger partial charge on any atom is 0.148 e. The highest BCUT2D eigenvalue weighted by Crippen LogP contribution is 2.54. The van der Waals surface area contributed by atoms with Gasteiger partial charge >= 0.3 is 0 Å². The summed E-state index contributed by atoms with van der Waals surface area (Å²) in [6.07, 6.45) is 0. The van der Waals surface area contributed by atoms with Crippen molar-refractivity contribution in [2.24, 2.45) is 0 Å². The SMILES string of the molecule is CC(c1ccc(O)cc1)(c1ccc(O)cc1)C(Br)(Br)Br. The number of alkyl halides is 3. The molecular formula is C15H13Br3O2. The number of phenols is 2. The summed E-state index contributed by atoms with van der Waals surface area (Å²) in [7, 11) is 0. The number of halogens is 3. The minimum atomic E-state index is -0.575. The maximum atomic E-state index is 9.46. The zero-order valence-electron chi connectivity index (χ0n) is 10.6. The topological polar surface area (TPSA) is 40.5 Å². The quantitative estimate of drug-likeness (QED) is 0.596. The average Bonchev–Trinajstić information content (AvgIpc) is 2.38. The fourth-order valence-electron chi connectivity index (χ4n) is 2.08. The lowest BCUT2D eigenvalue weighted by molar-refractivity contribution is 0.474. The van der Waals surface area contributed by atoms with E-state index in [1.165, 1.54) is 0 Å². The van der Waals surface area contributed by atoms with Crippen LogP contribution in [0.4, 0.5) is 0 Å². The Morgan fingerprint density at radius 1 is 0.700 bits per heavy atom. The molecule has 0 aliphatic heterocycles. The Balaban J connectivity index is 2.62. The summed E-state index contributed by atoms with van der Waals surface area (Å²) in [5.74, 6) is 0.456. The lowest BCUT2D eigenvalue weighted by Gasteiger charge is -2.38. The van der Waals surface area contributed by atoms with E-state index < -0.39 is 7.56 Å². The van der Waals surface area contributed by atoms with Crippen LogP contribution in [0.5, 0.6) is 11.5 Å². The average molecular weight is 465 g/mol. The van der Waals surface area contributed by atoms with Crippen molar-refractivity contribution in [1.29, 1.82) is 0 Å². The predicted octanol–water partition coefficient (Wildman–Crippen LogP) is 5.24. The number of rotatable bonds is 2. The second kappa shape index (κ2) is 5.70. The molecule has 0 aliphatic rings. The second-order valence-electron chi connectivity index (χ2n) is 4.72. The van der Waals surface area contributed by atoms with Crippen LogP contribution in [0.15, 0.2) is 48.5 Å². The first-order valence-corrected chi connectivity index (χ1v) is 8.29. The van der Waals surface area contributed by atoms with Crippen molar-refractivity contribution in [2.45, 2.75) is 14.5 Å². The Morgan fingerprint density at radius 3 is 1.25 bits per heavy atom. The Bertz CT molecular complexity index is 541. The summed E-state index contributed by atoms with van der Waals surface area (Å²) in [5, 5.41) is 18.9. The standard InChI is InChI=1S/C15H13Br3O2/c1-14(15(16,17)18,10-2-6-12(19)7-3-10)11-4-8-13(20)9-5-11/h2-9,19-20H,1H3. The minimum Gasteiger partial charge on any atom is -0.508 e. The van der Waals surface area contributed by atoms with E-state index in [0.717, 1.165) is 11.1 Å². The van der Waals surface area contributed by atoms with Crippen LogP contribution >= 0.6 is 47.8 Å². The number of hydrogen-bond acceptors (Lipinski definition) is 2. The van der Waals surface area contributed by atoms with Crippen molar-refractivity contribution in [3.8, 4) is 11.5 Å². The van der Waals surface area contributed by atoms with Crippen molar-refractivity contribution in [1.82, 2.24) is 0 Å². The van der Waals surface area contributed by atoms with E-state index >= 15 is 0 Å². The first-order valence-electron chi connectivity index (χ1n) is 5.91. The van der Waals surface area contributed by atoms with Gasteiger partial charge in [0.15, 0.2) is 0 Å². The molecule has 2 rings (SSSR count). The highest BCUT2D eigenvalue weighted by atomic mass is 80.0. The van der Waals surface area contributed by atoms with Gasteiger partial charge in [0.1, 0.15) is 13.6 Å². The lowest BCUT2D eigenvalue weighted by Crippen LogP contribution is -2.36. The van der Waals surface area contributed by atoms with E-state index in [2.05, 4.69) is 54.7 Å². The highest BCUT2D eigenvalue weighted by molar-refractivity contribution is 9.39. The van der Waals surface area contributed by atoms with Crippen LogP contribution in [-0.2, 0) is 5.41 Å². The van der Waals surface area contributed by atoms with E-state index in [9.17, 15) is 10.2 Å². The van der Waals surface area contributed by atoms with Gasteiger partial charge in [-0.2, -0.15) is 0 Å². The Hall–Kier alpha value is -0.520. The molecule has 2 aromatic rings. The molecule has 0 saturated carbocycles. The van der Waals surface area contributed by atoms with E-state index in [1.54, 1.807) is 24.3 Å². The molecule has 0 aromatic heterocycles. The molecule has 2 aromatic carbocycles. The number of phenolic OH excluding ortho intramolecular Hbond substituents is 2. The molecule has 0 fully saturated rings. The van der Waals surface area contributed by atoms with Gasteiger partial charge in [-0.25, -0.2) is 0 Å². The van der Waals surface area contributed by atoms with Gasteiger partial charge in [0.2, 0.25) is 0 Å². The molecule has 106 valence electrons. The first-order chi connectivity index (χ1) is 9.25. The van der Waals surface area contributed by atoms with Gasteiger partial charge < -0.3 is 10.2 Å². The summed E-state index contributed by atoms with van der Waals surface area (Å²) in [4.78, 5) is 0. The first kappa shape index (κ1) is 15.9. The van der Waals surface area contributed by atoms with Gasteiger partial charge in [0.25, 0.3) is 0 Å². The second-order valence-corrected chi connectivity index (χ2v) is 11.5. The highest BCUT2D eigenvalue weighted by Gasteiger charge is 2.45. The van der Waals surface area contributed by atoms with Crippen LogP contribution in [0.1, 0.15) is 18.1 Å². The van der Waals surface area contributed by atoms with E-state index in [4.69, 9.17) is 0 Å². The molecule has 0 atom stereocenters. The van der Waals surface area contributed by atoms with Crippen molar-refractivity contribution in [3.05, 3.63) is 59.7 Å². The van der Waals surface area contributed by atoms with Crippen LogP contribution in [0, 0.1) is 0 Å².